The van der Waals surface area contributed by atoms with Gasteiger partial charge in [-0.15, -0.1) is 0 Å². The molecular formula is C22H15FN2O4. The first-order valence-electron chi connectivity index (χ1n) is 8.70. The van der Waals surface area contributed by atoms with Crippen molar-refractivity contribution in [2.24, 2.45) is 0 Å². The topological polar surface area (TPSA) is 84.5 Å². The lowest BCUT2D eigenvalue weighted by Gasteiger charge is -2.06. The third-order valence-corrected chi connectivity index (χ3v) is 4.10. The van der Waals surface area contributed by atoms with Gasteiger partial charge in [0.25, 0.3) is 11.8 Å². The van der Waals surface area contributed by atoms with Gasteiger partial charge in [0.15, 0.2) is 11.5 Å². The van der Waals surface area contributed by atoms with Crippen LogP contribution in [0.25, 0.3) is 11.3 Å². The van der Waals surface area contributed by atoms with Crippen LogP contribution in [0.1, 0.15) is 21.1 Å². The number of hydrogen-bond acceptors (Lipinski definition) is 4. The summed E-state index contributed by atoms with van der Waals surface area (Å²) in [6.45, 7) is 0. The van der Waals surface area contributed by atoms with Gasteiger partial charge in [0.1, 0.15) is 11.6 Å². The SMILES string of the molecule is O=C(Nc1ccc(NC(=O)c2ccc(-c3ccc(F)cc3)o2)cc1)c1ccco1. The summed E-state index contributed by atoms with van der Waals surface area (Å²) in [4.78, 5) is 24.3. The van der Waals surface area contributed by atoms with Crippen LogP contribution in [0.15, 0.2) is 87.9 Å². The average Bonchev–Trinajstić information content (AvgIpc) is 3.42. The highest BCUT2D eigenvalue weighted by Gasteiger charge is 2.13. The minimum Gasteiger partial charge on any atom is -0.459 e. The Morgan fingerprint density at radius 3 is 1.93 bits per heavy atom. The van der Waals surface area contributed by atoms with Gasteiger partial charge < -0.3 is 19.5 Å². The molecule has 2 N–H and O–H groups in total. The fourth-order valence-corrected chi connectivity index (χ4v) is 2.66. The molecule has 0 aliphatic heterocycles. The number of anilines is 2. The van der Waals surface area contributed by atoms with Gasteiger partial charge >= 0.3 is 0 Å². The van der Waals surface area contributed by atoms with E-state index in [-0.39, 0.29) is 23.2 Å². The zero-order chi connectivity index (χ0) is 20.2. The second-order valence-electron chi connectivity index (χ2n) is 6.13. The Labute approximate surface area is 165 Å². The van der Waals surface area contributed by atoms with E-state index < -0.39 is 5.91 Å². The predicted molar refractivity (Wildman–Crippen MR) is 105 cm³/mol. The first-order chi connectivity index (χ1) is 14.1. The molecule has 0 unspecified atom stereocenters. The van der Waals surface area contributed by atoms with Crippen LogP contribution in [0.3, 0.4) is 0 Å². The molecule has 4 rings (SSSR count). The van der Waals surface area contributed by atoms with Crippen molar-refractivity contribution in [3.8, 4) is 11.3 Å². The number of carbonyl (C=O) groups is 2. The predicted octanol–water partition coefficient (Wildman–Crippen LogP) is 5.18. The van der Waals surface area contributed by atoms with Crippen LogP contribution in [-0.4, -0.2) is 11.8 Å². The minimum atomic E-state index is -0.425. The number of halogens is 1. The van der Waals surface area contributed by atoms with Crippen LogP contribution in [0.2, 0.25) is 0 Å². The molecule has 0 bridgehead atoms. The molecular weight excluding hydrogens is 375 g/mol. The summed E-state index contributed by atoms with van der Waals surface area (Å²) < 4.78 is 23.6. The van der Waals surface area contributed by atoms with Crippen molar-refractivity contribution in [2.75, 3.05) is 10.6 Å². The lowest BCUT2D eigenvalue weighted by molar-refractivity contribution is 0.0989. The van der Waals surface area contributed by atoms with E-state index in [1.54, 1.807) is 60.7 Å². The molecule has 144 valence electrons. The normalized spacial score (nSPS) is 10.5. The largest absolute Gasteiger partial charge is 0.459 e. The van der Waals surface area contributed by atoms with Crippen molar-refractivity contribution in [3.63, 3.8) is 0 Å². The monoisotopic (exact) mass is 390 g/mol. The Bertz CT molecular complexity index is 1130. The molecule has 0 spiro atoms. The van der Waals surface area contributed by atoms with Crippen LogP contribution >= 0.6 is 0 Å². The van der Waals surface area contributed by atoms with E-state index in [1.807, 2.05) is 0 Å². The molecule has 2 amide bonds. The smallest absolute Gasteiger partial charge is 0.291 e. The third kappa shape index (κ3) is 4.24. The summed E-state index contributed by atoms with van der Waals surface area (Å²) in [5.74, 6) is -0.341. The quantitative estimate of drug-likeness (QED) is 0.492. The molecule has 2 aromatic heterocycles. The first kappa shape index (κ1) is 18.2. The van der Waals surface area contributed by atoms with Gasteiger partial charge in [-0.25, -0.2) is 4.39 Å². The van der Waals surface area contributed by atoms with Crippen molar-refractivity contribution < 1.29 is 22.8 Å². The Balaban J connectivity index is 1.39. The van der Waals surface area contributed by atoms with Gasteiger partial charge in [0.2, 0.25) is 0 Å². The van der Waals surface area contributed by atoms with E-state index in [9.17, 15) is 14.0 Å². The van der Waals surface area contributed by atoms with E-state index in [2.05, 4.69) is 10.6 Å². The lowest BCUT2D eigenvalue weighted by atomic mass is 10.2. The van der Waals surface area contributed by atoms with Gasteiger partial charge in [0.05, 0.1) is 6.26 Å². The minimum absolute atomic E-state index is 0.125. The molecule has 0 fully saturated rings. The Kier molecular flexibility index (Phi) is 4.94. The maximum absolute atomic E-state index is 13.0. The molecule has 0 aliphatic rings. The van der Waals surface area contributed by atoms with Gasteiger partial charge in [-0.05, 0) is 72.8 Å². The van der Waals surface area contributed by atoms with Crippen molar-refractivity contribution >= 4 is 23.2 Å². The number of carbonyl (C=O) groups excluding carboxylic acids is 2. The summed E-state index contributed by atoms with van der Waals surface area (Å²) >= 11 is 0. The molecule has 7 heteroatoms. The summed E-state index contributed by atoms with van der Waals surface area (Å²) in [6.07, 6.45) is 1.42. The number of nitrogens with one attached hydrogen (secondary N) is 2. The van der Waals surface area contributed by atoms with Crippen LogP contribution in [-0.2, 0) is 0 Å². The van der Waals surface area contributed by atoms with E-state index in [0.29, 0.717) is 22.7 Å². The van der Waals surface area contributed by atoms with Crippen LogP contribution in [0, 0.1) is 5.82 Å². The summed E-state index contributed by atoms with van der Waals surface area (Å²) in [5.41, 5.74) is 1.76. The van der Waals surface area contributed by atoms with Crippen LogP contribution in [0.5, 0.6) is 0 Å². The van der Waals surface area contributed by atoms with Crippen molar-refractivity contribution in [1.29, 1.82) is 0 Å². The Morgan fingerprint density at radius 2 is 1.34 bits per heavy atom. The zero-order valence-corrected chi connectivity index (χ0v) is 15.0. The Morgan fingerprint density at radius 1 is 0.724 bits per heavy atom. The molecule has 0 atom stereocenters. The maximum Gasteiger partial charge on any atom is 0.291 e. The fourth-order valence-electron chi connectivity index (χ4n) is 2.66. The average molecular weight is 390 g/mol. The van der Waals surface area contributed by atoms with E-state index in [1.165, 1.54) is 18.4 Å². The van der Waals surface area contributed by atoms with Gasteiger partial charge in [-0.1, -0.05) is 0 Å². The highest BCUT2D eigenvalue weighted by Crippen LogP contribution is 2.23. The van der Waals surface area contributed by atoms with Crippen molar-refractivity contribution in [1.82, 2.24) is 0 Å². The van der Waals surface area contributed by atoms with E-state index >= 15 is 0 Å². The lowest BCUT2D eigenvalue weighted by Crippen LogP contribution is -2.12. The second-order valence-corrected chi connectivity index (χ2v) is 6.13. The second kappa shape index (κ2) is 7.85. The van der Waals surface area contributed by atoms with Crippen LogP contribution in [0.4, 0.5) is 15.8 Å². The highest BCUT2D eigenvalue weighted by atomic mass is 19.1. The van der Waals surface area contributed by atoms with Gasteiger partial charge in [-0.2, -0.15) is 0 Å². The standard InChI is InChI=1S/C22H15FN2O4/c23-15-5-3-14(4-6-15)18-11-12-20(29-18)22(27)25-17-9-7-16(8-10-17)24-21(26)19-2-1-13-28-19/h1-13H,(H,24,26)(H,25,27). The zero-order valence-electron chi connectivity index (χ0n) is 15.0. The summed E-state index contributed by atoms with van der Waals surface area (Å²) in [7, 11) is 0. The molecule has 0 saturated carbocycles. The molecule has 4 aromatic rings. The fraction of sp³-hybridized carbons (Fsp3) is 0. The summed E-state index contributed by atoms with van der Waals surface area (Å²) in [6, 6.07) is 18.8. The van der Waals surface area contributed by atoms with Gasteiger partial charge in [0, 0.05) is 16.9 Å². The highest BCUT2D eigenvalue weighted by molar-refractivity contribution is 6.04. The van der Waals surface area contributed by atoms with Gasteiger partial charge in [-0.3, -0.25) is 9.59 Å². The number of benzene rings is 2. The number of amides is 2. The molecule has 2 aromatic carbocycles. The maximum atomic E-state index is 13.0. The molecule has 0 saturated heterocycles. The molecule has 6 nitrogen and oxygen atoms in total. The molecule has 0 aliphatic carbocycles. The molecule has 29 heavy (non-hydrogen) atoms. The molecule has 0 radical (unpaired) electrons. The third-order valence-electron chi connectivity index (χ3n) is 4.10. The van der Waals surface area contributed by atoms with Crippen LogP contribution < -0.4 is 10.6 Å². The van der Waals surface area contributed by atoms with Crippen molar-refractivity contribution in [3.05, 3.63) is 96.4 Å². The number of hydrogen-bond donors (Lipinski definition) is 2. The first-order valence-corrected chi connectivity index (χ1v) is 8.70. The van der Waals surface area contributed by atoms with E-state index in [0.717, 1.165) is 0 Å². The Hall–Kier alpha value is -4.13. The molecule has 2 heterocycles. The number of furan rings is 2. The number of rotatable bonds is 5. The van der Waals surface area contributed by atoms with E-state index in [4.69, 9.17) is 8.83 Å². The summed E-state index contributed by atoms with van der Waals surface area (Å²) in [5, 5.41) is 5.41. The van der Waals surface area contributed by atoms with Crippen molar-refractivity contribution in [2.45, 2.75) is 0 Å².